The van der Waals surface area contributed by atoms with Crippen molar-refractivity contribution in [3.05, 3.63) is 17.5 Å². The molecule has 1 aromatic heterocycles. The molecule has 20 heavy (non-hydrogen) atoms. The maximum absolute atomic E-state index is 10.2. The predicted molar refractivity (Wildman–Crippen MR) is 81.6 cm³/mol. The summed E-state index contributed by atoms with van der Waals surface area (Å²) in [5.41, 5.74) is 2.43. The van der Waals surface area contributed by atoms with E-state index in [4.69, 9.17) is 0 Å². The molecule has 1 unspecified atom stereocenters. The van der Waals surface area contributed by atoms with Gasteiger partial charge in [0.2, 0.25) is 0 Å². The number of nitrogens with zero attached hydrogens (tertiary/aromatic N) is 2. The molecule has 114 valence electrons. The van der Waals surface area contributed by atoms with Gasteiger partial charge < -0.3 is 10.4 Å². The van der Waals surface area contributed by atoms with Crippen LogP contribution in [-0.2, 0) is 19.0 Å². The fourth-order valence-corrected chi connectivity index (χ4v) is 3.16. The number of aromatic nitrogens is 2. The van der Waals surface area contributed by atoms with Crippen molar-refractivity contribution in [2.24, 2.45) is 13.0 Å². The van der Waals surface area contributed by atoms with Crippen LogP contribution >= 0.6 is 0 Å². The van der Waals surface area contributed by atoms with Crippen molar-refractivity contribution >= 4 is 0 Å². The van der Waals surface area contributed by atoms with E-state index in [-0.39, 0.29) is 11.5 Å². The van der Waals surface area contributed by atoms with E-state index in [1.54, 1.807) is 0 Å². The Morgan fingerprint density at radius 2 is 2.05 bits per heavy atom. The lowest BCUT2D eigenvalue weighted by Gasteiger charge is -2.20. The van der Waals surface area contributed by atoms with Crippen LogP contribution in [0.25, 0.3) is 0 Å². The van der Waals surface area contributed by atoms with E-state index in [0.29, 0.717) is 12.5 Å². The molecule has 1 aliphatic carbocycles. The predicted octanol–water partition coefficient (Wildman–Crippen LogP) is 2.36. The second-order valence-electron chi connectivity index (χ2n) is 7.17. The number of aliphatic hydroxyl groups excluding tert-OH is 1. The van der Waals surface area contributed by atoms with Gasteiger partial charge in [-0.2, -0.15) is 5.10 Å². The molecule has 2 N–H and O–H groups in total. The molecular weight excluding hydrogens is 250 g/mol. The smallest absolute Gasteiger partial charge is 0.0722 e. The van der Waals surface area contributed by atoms with Crippen molar-refractivity contribution in [3.8, 4) is 0 Å². The Kier molecular flexibility index (Phi) is 4.86. The lowest BCUT2D eigenvalue weighted by atomic mass is 9.89. The molecule has 1 aliphatic rings. The van der Waals surface area contributed by atoms with E-state index in [1.807, 2.05) is 11.7 Å². The molecule has 0 amide bonds. The number of aryl methyl sites for hydroxylation is 1. The van der Waals surface area contributed by atoms with Gasteiger partial charge in [-0.05, 0) is 18.8 Å². The molecule has 1 heterocycles. The molecule has 2 rings (SSSR count). The van der Waals surface area contributed by atoms with Gasteiger partial charge in [-0.15, -0.1) is 0 Å². The van der Waals surface area contributed by atoms with Crippen LogP contribution in [0.2, 0.25) is 0 Å². The van der Waals surface area contributed by atoms with Gasteiger partial charge in [0.05, 0.1) is 11.8 Å². The van der Waals surface area contributed by atoms with Crippen LogP contribution in [0.3, 0.4) is 0 Å². The van der Waals surface area contributed by atoms with Crippen molar-refractivity contribution in [1.82, 2.24) is 15.1 Å². The molecule has 1 aromatic rings. The Morgan fingerprint density at radius 1 is 1.40 bits per heavy atom. The molecule has 1 atom stereocenters. The second-order valence-corrected chi connectivity index (χ2v) is 7.17. The maximum Gasteiger partial charge on any atom is 0.0722 e. The fraction of sp³-hybridized carbons (Fsp3) is 0.812. The second kappa shape index (κ2) is 6.27. The van der Waals surface area contributed by atoms with Crippen LogP contribution in [0, 0.1) is 5.92 Å². The van der Waals surface area contributed by atoms with Crippen LogP contribution in [0.1, 0.15) is 57.7 Å². The van der Waals surface area contributed by atoms with E-state index < -0.39 is 0 Å². The largest absolute Gasteiger partial charge is 0.392 e. The highest BCUT2D eigenvalue weighted by Gasteiger charge is 2.24. The summed E-state index contributed by atoms with van der Waals surface area (Å²) in [5.74, 6) is 0.499. The summed E-state index contributed by atoms with van der Waals surface area (Å²) in [6.45, 7) is 8.03. The lowest BCUT2D eigenvalue weighted by molar-refractivity contribution is 0.109. The summed E-state index contributed by atoms with van der Waals surface area (Å²) >= 11 is 0. The third kappa shape index (κ3) is 3.83. The summed E-state index contributed by atoms with van der Waals surface area (Å²) in [6.07, 6.45) is 6.80. The highest BCUT2D eigenvalue weighted by atomic mass is 16.3. The molecule has 0 aromatic carbocycles. The van der Waals surface area contributed by atoms with Gasteiger partial charge in [0.1, 0.15) is 0 Å². The average molecular weight is 279 g/mol. The van der Waals surface area contributed by atoms with Gasteiger partial charge in [0.15, 0.2) is 0 Å². The van der Waals surface area contributed by atoms with Crippen LogP contribution < -0.4 is 5.32 Å². The van der Waals surface area contributed by atoms with Gasteiger partial charge in [-0.1, -0.05) is 33.6 Å². The summed E-state index contributed by atoms with van der Waals surface area (Å²) < 4.78 is 1.88. The number of hydrogen-bond donors (Lipinski definition) is 2. The van der Waals surface area contributed by atoms with Crippen molar-refractivity contribution in [2.75, 3.05) is 6.54 Å². The van der Waals surface area contributed by atoms with Crippen LogP contribution in [0.4, 0.5) is 0 Å². The zero-order valence-electron chi connectivity index (χ0n) is 13.3. The van der Waals surface area contributed by atoms with Crippen molar-refractivity contribution in [1.29, 1.82) is 0 Å². The van der Waals surface area contributed by atoms with E-state index >= 15 is 0 Å². The molecule has 0 saturated heterocycles. The molecule has 1 saturated carbocycles. The number of nitrogens with one attached hydrogen (secondary N) is 1. The minimum absolute atomic E-state index is 0.0579. The molecular formula is C16H29N3O. The van der Waals surface area contributed by atoms with Gasteiger partial charge in [-0.25, -0.2) is 0 Å². The van der Waals surface area contributed by atoms with E-state index in [9.17, 15) is 5.11 Å². The highest BCUT2D eigenvalue weighted by molar-refractivity contribution is 5.23. The number of hydrogen-bond acceptors (Lipinski definition) is 3. The Bertz CT molecular complexity index is 427. The van der Waals surface area contributed by atoms with Gasteiger partial charge in [-0.3, -0.25) is 4.68 Å². The Morgan fingerprint density at radius 3 is 2.65 bits per heavy atom. The fourth-order valence-electron chi connectivity index (χ4n) is 3.16. The molecule has 4 heteroatoms. The lowest BCUT2D eigenvalue weighted by Crippen LogP contribution is -2.32. The Balaban J connectivity index is 1.87. The van der Waals surface area contributed by atoms with Crippen LogP contribution in [0.5, 0.6) is 0 Å². The summed E-state index contributed by atoms with van der Waals surface area (Å²) in [6, 6.07) is 0. The third-order valence-electron chi connectivity index (χ3n) is 4.23. The minimum Gasteiger partial charge on any atom is -0.392 e. The van der Waals surface area contributed by atoms with Crippen LogP contribution in [0.15, 0.2) is 6.20 Å². The average Bonchev–Trinajstić information content (AvgIpc) is 2.97. The van der Waals surface area contributed by atoms with Gasteiger partial charge >= 0.3 is 0 Å². The first-order valence-electron chi connectivity index (χ1n) is 7.79. The summed E-state index contributed by atoms with van der Waals surface area (Å²) in [7, 11) is 1.96. The van der Waals surface area contributed by atoms with Crippen LogP contribution in [-0.4, -0.2) is 27.5 Å². The normalized spacial score (nSPS) is 18.6. The van der Waals surface area contributed by atoms with E-state index in [1.165, 1.54) is 31.2 Å². The molecule has 0 radical (unpaired) electrons. The Labute approximate surface area is 122 Å². The van der Waals surface area contributed by atoms with Gasteiger partial charge in [0, 0.05) is 37.3 Å². The number of rotatable bonds is 5. The van der Waals surface area contributed by atoms with E-state index in [2.05, 4.69) is 37.4 Å². The van der Waals surface area contributed by atoms with Crippen molar-refractivity contribution < 1.29 is 5.11 Å². The molecule has 1 fully saturated rings. The third-order valence-corrected chi connectivity index (χ3v) is 4.23. The summed E-state index contributed by atoms with van der Waals surface area (Å²) in [4.78, 5) is 0. The maximum atomic E-state index is 10.2. The zero-order valence-corrected chi connectivity index (χ0v) is 13.3. The molecule has 0 aliphatic heterocycles. The van der Waals surface area contributed by atoms with Crippen molar-refractivity contribution in [2.45, 2.75) is 64.5 Å². The summed E-state index contributed by atoms with van der Waals surface area (Å²) in [5, 5.41) is 18.2. The topological polar surface area (TPSA) is 50.1 Å². The van der Waals surface area contributed by atoms with Crippen molar-refractivity contribution in [3.63, 3.8) is 0 Å². The molecule has 0 bridgehead atoms. The SMILES string of the molecule is Cn1cc(CNCC(O)C2CCCC2)c(C(C)(C)C)n1. The standard InChI is InChI=1S/C16H29N3O/c1-16(2,3)15-13(11-19(4)18-15)9-17-10-14(20)12-7-5-6-8-12/h11-12,14,17,20H,5-10H2,1-4H3. The first-order chi connectivity index (χ1) is 9.38. The zero-order chi connectivity index (χ0) is 14.8. The highest BCUT2D eigenvalue weighted by Crippen LogP contribution is 2.27. The Hall–Kier alpha value is -0.870. The minimum atomic E-state index is -0.202. The molecule has 0 spiro atoms. The first kappa shape index (κ1) is 15.5. The van der Waals surface area contributed by atoms with Gasteiger partial charge in [0.25, 0.3) is 0 Å². The van der Waals surface area contributed by atoms with E-state index in [0.717, 1.165) is 12.2 Å². The number of aliphatic hydroxyl groups is 1. The molecule has 4 nitrogen and oxygen atoms in total. The first-order valence-corrected chi connectivity index (χ1v) is 7.79. The quantitative estimate of drug-likeness (QED) is 0.870. The monoisotopic (exact) mass is 279 g/mol.